The minimum absolute atomic E-state index is 0.00325. The lowest BCUT2D eigenvalue weighted by Gasteiger charge is -2.30. The molecule has 0 N–H and O–H groups in total. The molecule has 1 heterocycles. The van der Waals surface area contributed by atoms with E-state index >= 15 is 0 Å². The maximum Gasteiger partial charge on any atom is 0.326 e. The van der Waals surface area contributed by atoms with E-state index in [9.17, 15) is 18.0 Å². The second-order valence-corrected chi connectivity index (χ2v) is 11.9. The van der Waals surface area contributed by atoms with Crippen LogP contribution in [0.2, 0.25) is 0 Å². The molecule has 1 fully saturated rings. The first-order valence-corrected chi connectivity index (χ1v) is 14.5. The number of sulfonamides is 1. The van der Waals surface area contributed by atoms with Crippen molar-refractivity contribution in [2.75, 3.05) is 20.8 Å². The molecule has 1 aliphatic rings. The minimum atomic E-state index is -3.66. The van der Waals surface area contributed by atoms with Crippen LogP contribution in [0.3, 0.4) is 0 Å². The van der Waals surface area contributed by atoms with Gasteiger partial charge in [0.25, 0.3) is 5.91 Å². The fourth-order valence-corrected chi connectivity index (χ4v) is 6.95. The number of nitrogens with zero attached hydrogens (tertiary/aromatic N) is 3. The summed E-state index contributed by atoms with van der Waals surface area (Å²) in [6.07, 6.45) is 4.91. The predicted molar refractivity (Wildman–Crippen MR) is 141 cm³/mol. The van der Waals surface area contributed by atoms with E-state index in [-0.39, 0.29) is 29.7 Å². The third-order valence-corrected chi connectivity index (χ3v) is 9.51. The van der Waals surface area contributed by atoms with Gasteiger partial charge in [-0.15, -0.1) is 0 Å². The topological polar surface area (TPSA) is 107 Å². The first-order chi connectivity index (χ1) is 17.7. The molecule has 0 unspecified atom stereocenters. The van der Waals surface area contributed by atoms with Crippen molar-refractivity contribution in [3.05, 3.63) is 52.8 Å². The van der Waals surface area contributed by atoms with Crippen LogP contribution in [0, 0.1) is 0 Å². The molecule has 11 heteroatoms. The van der Waals surface area contributed by atoms with E-state index in [1.54, 1.807) is 37.8 Å². The highest BCUT2D eigenvalue weighted by atomic mass is 32.2. The van der Waals surface area contributed by atoms with E-state index in [0.717, 1.165) is 42.3 Å². The first kappa shape index (κ1) is 27.0. The average Bonchev–Trinajstić information content (AvgIpc) is 3.24. The van der Waals surface area contributed by atoms with Crippen molar-refractivity contribution in [3.8, 4) is 5.75 Å². The Balaban J connectivity index is 1.64. The van der Waals surface area contributed by atoms with E-state index in [0.29, 0.717) is 10.6 Å². The van der Waals surface area contributed by atoms with Crippen LogP contribution in [0.15, 0.2) is 52.4 Å². The third-order valence-electron chi connectivity index (χ3n) is 6.55. The molecular weight excluding hydrogens is 514 g/mol. The summed E-state index contributed by atoms with van der Waals surface area (Å²) in [6, 6.07) is 11.2. The molecule has 0 saturated heterocycles. The van der Waals surface area contributed by atoms with Crippen molar-refractivity contribution in [3.63, 3.8) is 0 Å². The molecule has 198 valence electrons. The normalized spacial score (nSPS) is 15.3. The maximum absolute atomic E-state index is 13.1. The number of thiazole rings is 1. The molecule has 0 radical (unpaired) electrons. The zero-order chi connectivity index (χ0) is 26.6. The Labute approximate surface area is 220 Å². The molecule has 1 aliphatic carbocycles. The maximum atomic E-state index is 13.1. The fourth-order valence-electron chi connectivity index (χ4n) is 4.48. The highest BCUT2D eigenvalue weighted by Crippen LogP contribution is 2.27. The van der Waals surface area contributed by atoms with Crippen LogP contribution in [-0.2, 0) is 26.1 Å². The number of aromatic nitrogens is 1. The van der Waals surface area contributed by atoms with E-state index in [4.69, 9.17) is 9.47 Å². The Kier molecular flexibility index (Phi) is 8.46. The van der Waals surface area contributed by atoms with E-state index < -0.39 is 21.9 Å². The fraction of sp³-hybridized carbons (Fsp3) is 0.423. The third kappa shape index (κ3) is 5.94. The highest BCUT2D eigenvalue weighted by Gasteiger charge is 2.29. The summed E-state index contributed by atoms with van der Waals surface area (Å²) in [5.41, 5.74) is 0.967. The molecule has 0 atom stereocenters. The summed E-state index contributed by atoms with van der Waals surface area (Å²) >= 11 is 1.25. The quantitative estimate of drug-likeness (QED) is 0.397. The number of hydrogen-bond acceptors (Lipinski definition) is 7. The number of ether oxygens (including phenoxy) is 2. The molecule has 4 rings (SSSR count). The van der Waals surface area contributed by atoms with Gasteiger partial charge in [0.1, 0.15) is 12.3 Å². The predicted octanol–water partition coefficient (Wildman–Crippen LogP) is 3.97. The SMILES string of the molecule is CCOC(=O)Cn1c(=NC(=O)c2ccc(S(=O)(=O)N(C)C3CCCCC3)cc2)sc2cc(OC)ccc21. The first-order valence-electron chi connectivity index (χ1n) is 12.2. The van der Waals surface area contributed by atoms with Gasteiger partial charge in [-0.25, -0.2) is 8.42 Å². The Morgan fingerprint density at radius 3 is 2.46 bits per heavy atom. The number of benzene rings is 2. The monoisotopic (exact) mass is 545 g/mol. The molecule has 1 aromatic heterocycles. The van der Waals surface area contributed by atoms with E-state index in [1.165, 1.54) is 39.9 Å². The number of carbonyl (C=O) groups excluding carboxylic acids is 2. The zero-order valence-electron chi connectivity index (χ0n) is 21.2. The molecule has 0 bridgehead atoms. The average molecular weight is 546 g/mol. The molecule has 0 spiro atoms. The summed E-state index contributed by atoms with van der Waals surface area (Å²) in [5.74, 6) is -0.339. The molecule has 1 amide bonds. The van der Waals surface area contributed by atoms with Crippen molar-refractivity contribution in [1.29, 1.82) is 0 Å². The van der Waals surface area contributed by atoms with Crippen molar-refractivity contribution in [1.82, 2.24) is 8.87 Å². The lowest BCUT2D eigenvalue weighted by molar-refractivity contribution is -0.143. The van der Waals surface area contributed by atoms with Gasteiger partial charge < -0.3 is 14.0 Å². The van der Waals surface area contributed by atoms with E-state index in [2.05, 4.69) is 4.99 Å². The van der Waals surface area contributed by atoms with Gasteiger partial charge in [-0.3, -0.25) is 9.59 Å². The molecule has 0 aliphatic heterocycles. The lowest BCUT2D eigenvalue weighted by Crippen LogP contribution is -2.38. The summed E-state index contributed by atoms with van der Waals surface area (Å²) in [7, 11) is -0.477. The molecule has 1 saturated carbocycles. The minimum Gasteiger partial charge on any atom is -0.497 e. The van der Waals surface area contributed by atoms with Crippen LogP contribution in [0.1, 0.15) is 49.4 Å². The Morgan fingerprint density at radius 1 is 1.11 bits per heavy atom. The zero-order valence-corrected chi connectivity index (χ0v) is 22.8. The van der Waals surface area contributed by atoms with Gasteiger partial charge >= 0.3 is 5.97 Å². The number of amides is 1. The molecule has 37 heavy (non-hydrogen) atoms. The van der Waals surface area contributed by atoms with Crippen LogP contribution in [0.4, 0.5) is 0 Å². The number of hydrogen-bond donors (Lipinski definition) is 0. The van der Waals surface area contributed by atoms with Crippen LogP contribution in [0.5, 0.6) is 5.75 Å². The van der Waals surface area contributed by atoms with E-state index in [1.807, 2.05) is 6.07 Å². The highest BCUT2D eigenvalue weighted by molar-refractivity contribution is 7.89. The molecular formula is C26H31N3O6S2. The second-order valence-electron chi connectivity index (χ2n) is 8.86. The number of rotatable bonds is 8. The van der Waals surface area contributed by atoms with Gasteiger partial charge in [0.2, 0.25) is 10.0 Å². The van der Waals surface area contributed by atoms with Gasteiger partial charge in [-0.05, 0) is 62.2 Å². The summed E-state index contributed by atoms with van der Waals surface area (Å²) in [4.78, 5) is 30.0. The van der Waals surface area contributed by atoms with Crippen LogP contribution >= 0.6 is 11.3 Å². The Hall–Kier alpha value is -3.02. The van der Waals surface area contributed by atoms with Crippen LogP contribution < -0.4 is 9.54 Å². The van der Waals surface area contributed by atoms with Gasteiger partial charge in [0.15, 0.2) is 4.80 Å². The van der Waals surface area contributed by atoms with Crippen molar-refractivity contribution >= 4 is 43.5 Å². The second kappa shape index (κ2) is 11.6. The smallest absolute Gasteiger partial charge is 0.326 e. The summed E-state index contributed by atoms with van der Waals surface area (Å²) in [6.45, 7) is 1.87. The Morgan fingerprint density at radius 2 is 1.81 bits per heavy atom. The Bertz CT molecular complexity index is 1450. The van der Waals surface area contributed by atoms with Crippen molar-refractivity contribution in [2.45, 2.75) is 56.5 Å². The molecule has 9 nitrogen and oxygen atoms in total. The standard InChI is InChI=1S/C26H31N3O6S2/c1-4-35-24(30)17-29-22-15-12-20(34-3)16-23(22)36-26(29)27-25(31)18-10-13-21(14-11-18)37(32,33)28(2)19-8-6-5-7-9-19/h10-16,19H,4-9,17H2,1-3H3. The summed E-state index contributed by atoms with van der Waals surface area (Å²) in [5, 5.41) is 0. The van der Waals surface area contributed by atoms with Crippen molar-refractivity contribution in [2.24, 2.45) is 4.99 Å². The number of methoxy groups -OCH3 is 1. The number of fused-ring (bicyclic) bond motifs is 1. The number of esters is 1. The largest absolute Gasteiger partial charge is 0.497 e. The van der Waals surface area contributed by atoms with Gasteiger partial charge in [-0.2, -0.15) is 9.30 Å². The van der Waals surface area contributed by atoms with Crippen LogP contribution in [-0.4, -0.2) is 56.0 Å². The molecule has 3 aromatic rings. The van der Waals surface area contributed by atoms with Crippen LogP contribution in [0.25, 0.3) is 10.2 Å². The van der Waals surface area contributed by atoms with Gasteiger partial charge in [0.05, 0.1) is 28.8 Å². The van der Waals surface area contributed by atoms with Crippen molar-refractivity contribution < 1.29 is 27.5 Å². The molecule has 2 aromatic carbocycles. The summed E-state index contributed by atoms with van der Waals surface area (Å²) < 4.78 is 40.5. The van der Waals surface area contributed by atoms with Gasteiger partial charge in [-0.1, -0.05) is 30.6 Å². The number of carbonyl (C=O) groups is 2. The van der Waals surface area contributed by atoms with Gasteiger partial charge in [0, 0.05) is 18.7 Å². The lowest BCUT2D eigenvalue weighted by atomic mass is 9.96.